The SMILES string of the molecule is CC(C)(NC(=O)Nc1cccc(Cl)c1)c1ccncc1. The molecule has 0 spiro atoms. The third-order valence-electron chi connectivity index (χ3n) is 2.91. The Morgan fingerprint density at radius 2 is 1.90 bits per heavy atom. The summed E-state index contributed by atoms with van der Waals surface area (Å²) in [6, 6.07) is 10.5. The molecule has 0 atom stereocenters. The molecule has 1 aromatic carbocycles. The summed E-state index contributed by atoms with van der Waals surface area (Å²) >= 11 is 5.88. The lowest BCUT2D eigenvalue weighted by atomic mass is 9.96. The summed E-state index contributed by atoms with van der Waals surface area (Å²) in [4.78, 5) is 16.0. The van der Waals surface area contributed by atoms with Gasteiger partial charge in [-0.1, -0.05) is 17.7 Å². The van der Waals surface area contributed by atoms with Crippen LogP contribution in [0.4, 0.5) is 10.5 Å². The van der Waals surface area contributed by atoms with Gasteiger partial charge in [0.1, 0.15) is 0 Å². The molecule has 0 saturated heterocycles. The van der Waals surface area contributed by atoms with Crippen molar-refractivity contribution in [1.82, 2.24) is 10.3 Å². The van der Waals surface area contributed by atoms with Crippen LogP contribution in [-0.4, -0.2) is 11.0 Å². The second-order valence-electron chi connectivity index (χ2n) is 4.95. The van der Waals surface area contributed by atoms with Crippen LogP contribution in [0.15, 0.2) is 48.8 Å². The number of aromatic nitrogens is 1. The van der Waals surface area contributed by atoms with E-state index in [2.05, 4.69) is 15.6 Å². The second kappa shape index (κ2) is 5.92. The molecule has 0 aliphatic heterocycles. The van der Waals surface area contributed by atoms with Gasteiger partial charge >= 0.3 is 6.03 Å². The maximum absolute atomic E-state index is 12.0. The van der Waals surface area contributed by atoms with Crippen molar-refractivity contribution in [3.8, 4) is 0 Å². The number of carbonyl (C=O) groups excluding carboxylic acids is 1. The summed E-state index contributed by atoms with van der Waals surface area (Å²) in [5.74, 6) is 0. The number of amides is 2. The summed E-state index contributed by atoms with van der Waals surface area (Å²) in [7, 11) is 0. The van der Waals surface area contributed by atoms with Gasteiger partial charge in [-0.25, -0.2) is 4.79 Å². The highest BCUT2D eigenvalue weighted by Crippen LogP contribution is 2.19. The highest BCUT2D eigenvalue weighted by Gasteiger charge is 2.22. The van der Waals surface area contributed by atoms with E-state index in [-0.39, 0.29) is 6.03 Å². The largest absolute Gasteiger partial charge is 0.329 e. The normalized spacial score (nSPS) is 10.9. The summed E-state index contributed by atoms with van der Waals surface area (Å²) in [6.07, 6.45) is 3.40. The number of benzene rings is 1. The van der Waals surface area contributed by atoms with Gasteiger partial charge in [0.25, 0.3) is 0 Å². The molecule has 4 nitrogen and oxygen atoms in total. The molecule has 0 saturated carbocycles. The van der Waals surface area contributed by atoms with E-state index in [0.717, 1.165) is 5.56 Å². The average Bonchev–Trinajstić information content (AvgIpc) is 2.39. The lowest BCUT2D eigenvalue weighted by Gasteiger charge is -2.26. The van der Waals surface area contributed by atoms with Crippen LogP contribution in [-0.2, 0) is 5.54 Å². The Morgan fingerprint density at radius 1 is 1.20 bits per heavy atom. The monoisotopic (exact) mass is 289 g/mol. The lowest BCUT2D eigenvalue weighted by molar-refractivity contribution is 0.242. The number of pyridine rings is 1. The molecule has 0 aliphatic carbocycles. The molecular weight excluding hydrogens is 274 g/mol. The topological polar surface area (TPSA) is 54.0 Å². The van der Waals surface area contributed by atoms with Gasteiger partial charge in [-0.2, -0.15) is 0 Å². The molecule has 1 aromatic heterocycles. The maximum atomic E-state index is 12.0. The first-order valence-electron chi connectivity index (χ1n) is 6.22. The van der Waals surface area contributed by atoms with Gasteiger partial charge in [-0.05, 0) is 49.7 Å². The number of nitrogens with one attached hydrogen (secondary N) is 2. The molecule has 0 aliphatic rings. The average molecular weight is 290 g/mol. The van der Waals surface area contributed by atoms with Crippen molar-refractivity contribution in [3.63, 3.8) is 0 Å². The molecule has 104 valence electrons. The van der Waals surface area contributed by atoms with Crippen LogP contribution in [0.1, 0.15) is 19.4 Å². The number of anilines is 1. The molecule has 0 fully saturated rings. The van der Waals surface area contributed by atoms with Crippen molar-refractivity contribution in [2.75, 3.05) is 5.32 Å². The van der Waals surface area contributed by atoms with Gasteiger partial charge in [0.15, 0.2) is 0 Å². The Bertz CT molecular complexity index is 599. The maximum Gasteiger partial charge on any atom is 0.319 e. The number of halogens is 1. The second-order valence-corrected chi connectivity index (χ2v) is 5.39. The first kappa shape index (κ1) is 14.3. The van der Waals surface area contributed by atoms with Crippen LogP contribution in [0.3, 0.4) is 0 Å². The zero-order valence-electron chi connectivity index (χ0n) is 11.4. The Balaban J connectivity index is 2.04. The number of hydrogen-bond donors (Lipinski definition) is 2. The van der Waals surface area contributed by atoms with Crippen LogP contribution >= 0.6 is 11.6 Å². The Labute approximate surface area is 123 Å². The molecular formula is C15H16ClN3O. The molecule has 5 heteroatoms. The molecule has 2 aromatic rings. The van der Waals surface area contributed by atoms with Crippen molar-refractivity contribution < 1.29 is 4.79 Å². The third-order valence-corrected chi connectivity index (χ3v) is 3.15. The zero-order valence-corrected chi connectivity index (χ0v) is 12.1. The van der Waals surface area contributed by atoms with E-state index < -0.39 is 5.54 Å². The molecule has 0 unspecified atom stereocenters. The Hall–Kier alpha value is -2.07. The number of carbonyl (C=O) groups is 1. The van der Waals surface area contributed by atoms with Crippen LogP contribution in [0.25, 0.3) is 0 Å². The third kappa shape index (κ3) is 3.71. The number of urea groups is 1. The molecule has 2 N–H and O–H groups in total. The quantitative estimate of drug-likeness (QED) is 0.903. The first-order chi connectivity index (χ1) is 9.47. The van der Waals surface area contributed by atoms with Crippen molar-refractivity contribution in [3.05, 3.63) is 59.4 Å². The molecule has 1 heterocycles. The highest BCUT2D eigenvalue weighted by molar-refractivity contribution is 6.30. The lowest BCUT2D eigenvalue weighted by Crippen LogP contribution is -2.43. The van der Waals surface area contributed by atoms with Gasteiger partial charge in [-0.3, -0.25) is 4.98 Å². The molecule has 0 radical (unpaired) electrons. The van der Waals surface area contributed by atoms with E-state index in [1.807, 2.05) is 26.0 Å². The first-order valence-corrected chi connectivity index (χ1v) is 6.60. The van der Waals surface area contributed by atoms with E-state index >= 15 is 0 Å². The minimum absolute atomic E-state index is 0.283. The van der Waals surface area contributed by atoms with Crippen LogP contribution < -0.4 is 10.6 Å². The summed E-state index contributed by atoms with van der Waals surface area (Å²) in [6.45, 7) is 3.86. The highest BCUT2D eigenvalue weighted by atomic mass is 35.5. The predicted molar refractivity (Wildman–Crippen MR) is 80.9 cm³/mol. The summed E-state index contributed by atoms with van der Waals surface area (Å²) in [5, 5.41) is 6.26. The molecule has 2 amide bonds. The summed E-state index contributed by atoms with van der Waals surface area (Å²) < 4.78 is 0. The van der Waals surface area contributed by atoms with Crippen molar-refractivity contribution >= 4 is 23.3 Å². The van der Waals surface area contributed by atoms with Crippen LogP contribution in [0.5, 0.6) is 0 Å². The minimum Gasteiger partial charge on any atom is -0.329 e. The molecule has 2 rings (SSSR count). The van der Waals surface area contributed by atoms with Gasteiger partial charge < -0.3 is 10.6 Å². The van der Waals surface area contributed by atoms with E-state index in [4.69, 9.17) is 11.6 Å². The van der Waals surface area contributed by atoms with Crippen molar-refractivity contribution in [1.29, 1.82) is 0 Å². The van der Waals surface area contributed by atoms with E-state index in [0.29, 0.717) is 10.7 Å². The van der Waals surface area contributed by atoms with E-state index in [9.17, 15) is 4.79 Å². The minimum atomic E-state index is -0.494. The fraction of sp³-hybridized carbons (Fsp3) is 0.200. The number of nitrogens with zero attached hydrogens (tertiary/aromatic N) is 1. The van der Waals surface area contributed by atoms with Gasteiger partial charge in [-0.15, -0.1) is 0 Å². The predicted octanol–water partition coefficient (Wildman–Crippen LogP) is 3.79. The Morgan fingerprint density at radius 3 is 2.55 bits per heavy atom. The fourth-order valence-corrected chi connectivity index (χ4v) is 2.04. The van der Waals surface area contributed by atoms with Gasteiger partial charge in [0, 0.05) is 23.1 Å². The standard InChI is InChI=1S/C15H16ClN3O/c1-15(2,11-6-8-17-9-7-11)19-14(20)18-13-5-3-4-12(16)10-13/h3-10H,1-2H3,(H2,18,19,20). The molecule has 0 bridgehead atoms. The number of rotatable bonds is 3. The van der Waals surface area contributed by atoms with Gasteiger partial charge in [0.2, 0.25) is 0 Å². The van der Waals surface area contributed by atoms with Crippen LogP contribution in [0, 0.1) is 0 Å². The van der Waals surface area contributed by atoms with E-state index in [1.54, 1.807) is 36.7 Å². The zero-order chi connectivity index (χ0) is 14.6. The van der Waals surface area contributed by atoms with Crippen molar-refractivity contribution in [2.24, 2.45) is 0 Å². The van der Waals surface area contributed by atoms with Gasteiger partial charge in [0.05, 0.1) is 5.54 Å². The van der Waals surface area contributed by atoms with E-state index in [1.165, 1.54) is 0 Å². The fourth-order valence-electron chi connectivity index (χ4n) is 1.85. The Kier molecular flexibility index (Phi) is 4.25. The van der Waals surface area contributed by atoms with Crippen molar-refractivity contribution in [2.45, 2.75) is 19.4 Å². The van der Waals surface area contributed by atoms with Crippen LogP contribution in [0.2, 0.25) is 5.02 Å². The molecule has 20 heavy (non-hydrogen) atoms. The smallest absolute Gasteiger partial charge is 0.319 e. The number of hydrogen-bond acceptors (Lipinski definition) is 2. The summed E-state index contributed by atoms with van der Waals surface area (Å²) in [5.41, 5.74) is 1.14.